The van der Waals surface area contributed by atoms with E-state index in [1.807, 2.05) is 51.1 Å². The number of carbonyl (C=O) groups excluding carboxylic acids is 1. The van der Waals surface area contributed by atoms with E-state index in [9.17, 15) is 13.6 Å². The van der Waals surface area contributed by atoms with E-state index in [2.05, 4.69) is 25.0 Å². The Balaban J connectivity index is 0.000000297. The second-order valence-electron chi connectivity index (χ2n) is 11.1. The summed E-state index contributed by atoms with van der Waals surface area (Å²) in [5.74, 6) is -1.29. The maximum Gasteiger partial charge on any atom is 0.410 e. The fourth-order valence-electron chi connectivity index (χ4n) is 4.26. The average molecular weight is 637 g/mol. The number of amides is 1. The summed E-state index contributed by atoms with van der Waals surface area (Å²) in [5, 5.41) is 2.85. The minimum absolute atomic E-state index is 0.0338. The molecule has 238 valence electrons. The van der Waals surface area contributed by atoms with E-state index in [1.54, 1.807) is 36.3 Å². The molecule has 0 unspecified atom stereocenters. The Hall–Kier alpha value is -4.45. The van der Waals surface area contributed by atoms with Gasteiger partial charge in [-0.05, 0) is 87.9 Å². The van der Waals surface area contributed by atoms with E-state index >= 15 is 0 Å². The summed E-state index contributed by atoms with van der Waals surface area (Å²) in [6.07, 6.45) is 6.38. The van der Waals surface area contributed by atoms with E-state index in [0.29, 0.717) is 23.0 Å². The van der Waals surface area contributed by atoms with Crippen molar-refractivity contribution in [2.75, 3.05) is 30.2 Å². The van der Waals surface area contributed by atoms with Gasteiger partial charge >= 0.3 is 6.09 Å². The van der Waals surface area contributed by atoms with Gasteiger partial charge in [0.2, 0.25) is 17.6 Å². The summed E-state index contributed by atoms with van der Waals surface area (Å²) in [5.41, 5.74) is 1.79. The molecule has 1 amide bonds. The number of nitrogens with zero attached hydrogens (tertiary/aromatic N) is 4. The van der Waals surface area contributed by atoms with Gasteiger partial charge in [-0.3, -0.25) is 0 Å². The first kappa shape index (κ1) is 33.4. The van der Waals surface area contributed by atoms with E-state index in [0.717, 1.165) is 31.5 Å². The minimum atomic E-state index is -1.11. The predicted molar refractivity (Wildman–Crippen MR) is 174 cm³/mol. The van der Waals surface area contributed by atoms with Crippen LogP contribution in [0, 0.1) is 11.6 Å². The van der Waals surface area contributed by atoms with Crippen LogP contribution in [0.15, 0.2) is 73.1 Å². The average Bonchev–Trinajstić information content (AvgIpc) is 3.05. The van der Waals surface area contributed by atoms with Crippen molar-refractivity contribution in [2.45, 2.75) is 51.4 Å². The van der Waals surface area contributed by atoms with Gasteiger partial charge in [-0.15, -0.1) is 0 Å². The van der Waals surface area contributed by atoms with Gasteiger partial charge in [-0.2, -0.15) is 4.39 Å². The summed E-state index contributed by atoms with van der Waals surface area (Å²) >= 11 is 1.27. The molecular weight excluding hydrogens is 598 g/mol. The van der Waals surface area contributed by atoms with Crippen molar-refractivity contribution >= 4 is 29.7 Å². The lowest BCUT2D eigenvalue weighted by atomic mass is 10.1. The third kappa shape index (κ3) is 10.0. The summed E-state index contributed by atoms with van der Waals surface area (Å²) in [6, 6.07) is 17.6. The lowest BCUT2D eigenvalue weighted by Crippen LogP contribution is -2.39. The molecule has 2 aromatic carbocycles. The number of aromatic nitrogens is 3. The highest BCUT2D eigenvalue weighted by molar-refractivity contribution is 7.99. The number of hydrogen-bond donors (Lipinski definition) is 2. The lowest BCUT2D eigenvalue weighted by Gasteiger charge is -2.29. The van der Waals surface area contributed by atoms with Gasteiger partial charge in [0.15, 0.2) is 11.6 Å². The molecule has 5 rings (SSSR count). The highest BCUT2D eigenvalue weighted by atomic mass is 32.2. The van der Waals surface area contributed by atoms with Crippen molar-refractivity contribution in [2.24, 2.45) is 0 Å². The van der Waals surface area contributed by atoms with Crippen LogP contribution in [0.4, 0.5) is 25.2 Å². The number of nitrogens with one attached hydrogen (secondary N) is 2. The summed E-state index contributed by atoms with van der Waals surface area (Å²) in [6.45, 7) is 7.41. The van der Waals surface area contributed by atoms with Crippen molar-refractivity contribution in [1.29, 1.82) is 0 Å². The first-order valence-electron chi connectivity index (χ1n) is 14.7. The fraction of sp³-hybridized carbons (Fsp3) is 0.333. The molecule has 1 saturated heterocycles. The fourth-order valence-corrected chi connectivity index (χ4v) is 5.01. The molecule has 0 atom stereocenters. The number of piperidine rings is 1. The number of anilines is 2. The number of hydrogen-bond acceptors (Lipinski definition) is 9. The molecule has 2 N–H and O–H groups in total. The van der Waals surface area contributed by atoms with Crippen LogP contribution in [-0.4, -0.2) is 51.7 Å². The zero-order valence-electron chi connectivity index (χ0n) is 25.8. The minimum Gasteiger partial charge on any atom is -0.444 e. The number of rotatable bonds is 8. The molecule has 0 saturated carbocycles. The second-order valence-corrected chi connectivity index (χ2v) is 11.9. The van der Waals surface area contributed by atoms with Crippen LogP contribution in [-0.2, 0) is 10.5 Å². The number of likely N-dealkylation sites (tertiary alicyclic amines) is 1. The van der Waals surface area contributed by atoms with Crippen molar-refractivity contribution in [3.05, 3.63) is 90.3 Å². The van der Waals surface area contributed by atoms with Gasteiger partial charge in [0.25, 0.3) is 0 Å². The molecule has 0 radical (unpaired) electrons. The van der Waals surface area contributed by atoms with E-state index in [1.165, 1.54) is 36.7 Å². The molecule has 9 nitrogen and oxygen atoms in total. The molecule has 0 bridgehead atoms. The number of benzene rings is 2. The first-order valence-corrected chi connectivity index (χ1v) is 15.6. The molecule has 1 aliphatic rings. The van der Waals surface area contributed by atoms with Crippen molar-refractivity contribution < 1.29 is 23.0 Å². The summed E-state index contributed by atoms with van der Waals surface area (Å²) < 4.78 is 43.1. The molecule has 1 aliphatic heterocycles. The molecule has 2 aromatic heterocycles. The van der Waals surface area contributed by atoms with Gasteiger partial charge in [-0.1, -0.05) is 30.3 Å². The molecule has 1 fully saturated rings. The van der Waals surface area contributed by atoms with Crippen LogP contribution in [0.2, 0.25) is 0 Å². The maximum atomic E-state index is 14.7. The lowest BCUT2D eigenvalue weighted by molar-refractivity contribution is 0.0216. The zero-order valence-corrected chi connectivity index (χ0v) is 26.7. The number of halogens is 2. The standard InChI is InChI=1S/C23H19F2N5OS.C10H19NO2/c1-26-23-28-13-11-17(29-23)16-8-5-12-27-22(16)31-19-10-9-18(20(24)21(19)25)30-32-14-15-6-3-2-4-7-15;1-10(2,3)13-9(12)11-7-5-4-6-8-11/h2-13,30H,14H2,1H3,(H,26,28,29);4-8H2,1-3H3. The number of ether oxygens (including phenoxy) is 2. The van der Waals surface area contributed by atoms with Crippen molar-refractivity contribution in [1.82, 2.24) is 19.9 Å². The topological polar surface area (TPSA) is 102 Å². The predicted octanol–water partition coefficient (Wildman–Crippen LogP) is 8.32. The maximum absolute atomic E-state index is 14.7. The van der Waals surface area contributed by atoms with Crippen LogP contribution in [0.1, 0.15) is 45.6 Å². The van der Waals surface area contributed by atoms with Crippen LogP contribution in [0.3, 0.4) is 0 Å². The summed E-state index contributed by atoms with van der Waals surface area (Å²) in [4.78, 5) is 25.9. The Morgan fingerprint density at radius 2 is 1.69 bits per heavy atom. The van der Waals surface area contributed by atoms with Crippen LogP contribution in [0.5, 0.6) is 11.6 Å². The van der Waals surface area contributed by atoms with Crippen LogP contribution < -0.4 is 14.8 Å². The van der Waals surface area contributed by atoms with Crippen LogP contribution >= 0.6 is 11.9 Å². The molecule has 45 heavy (non-hydrogen) atoms. The molecule has 4 aromatic rings. The normalized spacial score (nSPS) is 12.9. The number of pyridine rings is 1. The molecular formula is C33H38F2N6O3S. The molecule has 0 aliphatic carbocycles. The quantitative estimate of drug-likeness (QED) is 0.185. The van der Waals surface area contributed by atoms with Gasteiger partial charge in [0, 0.05) is 38.3 Å². The highest BCUT2D eigenvalue weighted by Crippen LogP contribution is 2.34. The first-order chi connectivity index (χ1) is 21.6. The Kier molecular flexibility index (Phi) is 11.9. The van der Waals surface area contributed by atoms with Gasteiger partial charge < -0.3 is 24.4 Å². The van der Waals surface area contributed by atoms with Crippen LogP contribution in [0.25, 0.3) is 11.3 Å². The summed E-state index contributed by atoms with van der Waals surface area (Å²) in [7, 11) is 1.70. The van der Waals surface area contributed by atoms with Gasteiger partial charge in [-0.25, -0.2) is 24.1 Å². The number of carbonyl (C=O) groups is 1. The molecule has 0 spiro atoms. The largest absolute Gasteiger partial charge is 0.444 e. The van der Waals surface area contributed by atoms with E-state index in [-0.39, 0.29) is 29.0 Å². The molecule has 3 heterocycles. The monoisotopic (exact) mass is 636 g/mol. The van der Waals surface area contributed by atoms with E-state index in [4.69, 9.17) is 9.47 Å². The van der Waals surface area contributed by atoms with Crippen molar-refractivity contribution in [3.8, 4) is 22.9 Å². The van der Waals surface area contributed by atoms with Crippen molar-refractivity contribution in [3.63, 3.8) is 0 Å². The third-order valence-electron chi connectivity index (χ3n) is 6.45. The Morgan fingerprint density at radius 1 is 0.933 bits per heavy atom. The zero-order chi connectivity index (χ0) is 32.2. The second kappa shape index (κ2) is 16.0. The third-order valence-corrected chi connectivity index (χ3v) is 7.29. The smallest absolute Gasteiger partial charge is 0.410 e. The highest BCUT2D eigenvalue weighted by Gasteiger charge is 2.23. The Morgan fingerprint density at radius 3 is 2.40 bits per heavy atom. The Bertz CT molecular complexity index is 1550. The van der Waals surface area contributed by atoms with E-state index < -0.39 is 11.6 Å². The Labute approximate surface area is 266 Å². The van der Waals surface area contributed by atoms with Gasteiger partial charge in [0.1, 0.15) is 5.60 Å². The van der Waals surface area contributed by atoms with Gasteiger partial charge in [0.05, 0.1) is 16.9 Å². The molecule has 12 heteroatoms. The SMILES string of the molecule is CC(C)(C)OC(=O)N1CCCCC1.CNc1nccc(-c2cccnc2Oc2ccc(NSCc3ccccc3)c(F)c2F)n1.